The molecule has 3 fully saturated rings. The molecule has 2 saturated heterocycles. The van der Waals surface area contributed by atoms with Gasteiger partial charge in [-0.2, -0.15) is 11.8 Å². The van der Waals surface area contributed by atoms with E-state index in [1.54, 1.807) is 0 Å². The lowest BCUT2D eigenvalue weighted by atomic mass is 9.78. The second-order valence-electron chi connectivity index (χ2n) is 7.60. The molecule has 3 rings (SSSR count). The Bertz CT molecular complexity index is 306. The van der Waals surface area contributed by atoms with E-state index in [0.717, 1.165) is 17.2 Å². The Morgan fingerprint density at radius 1 is 1.20 bits per heavy atom. The van der Waals surface area contributed by atoms with Crippen molar-refractivity contribution in [1.29, 1.82) is 0 Å². The fourth-order valence-electron chi connectivity index (χ4n) is 4.48. The molecule has 0 aromatic heterocycles. The van der Waals surface area contributed by atoms with E-state index in [1.165, 1.54) is 70.3 Å². The van der Waals surface area contributed by atoms with Crippen LogP contribution in [0.5, 0.6) is 0 Å². The normalized spacial score (nSPS) is 35.0. The molecule has 20 heavy (non-hydrogen) atoms. The Morgan fingerprint density at radius 2 is 2.00 bits per heavy atom. The zero-order chi connectivity index (χ0) is 14.0. The van der Waals surface area contributed by atoms with Gasteiger partial charge in [-0.15, -0.1) is 0 Å². The lowest BCUT2D eigenvalue weighted by Gasteiger charge is -2.51. The minimum absolute atomic E-state index is 0.465. The fraction of sp³-hybridized carbons (Fsp3) is 1.00. The van der Waals surface area contributed by atoms with Crippen molar-refractivity contribution in [3.8, 4) is 0 Å². The van der Waals surface area contributed by atoms with Gasteiger partial charge in [-0.05, 0) is 37.4 Å². The molecule has 0 amide bonds. The first kappa shape index (κ1) is 15.2. The Labute approximate surface area is 129 Å². The van der Waals surface area contributed by atoms with E-state index in [1.807, 2.05) is 0 Å². The van der Waals surface area contributed by atoms with E-state index in [9.17, 15) is 0 Å². The minimum atomic E-state index is 0.465. The molecule has 3 heteroatoms. The third-order valence-electron chi connectivity index (χ3n) is 5.70. The molecule has 0 aromatic rings. The standard InChI is InChI=1S/C17H32N2S/c1-14(2)16-11-18-17(8-4-3-5-9-17)13-19(16)12-15-7-6-10-20-15/h14-16,18H,3-13H2,1-2H3. The first-order valence-corrected chi connectivity index (χ1v) is 9.84. The van der Waals surface area contributed by atoms with Gasteiger partial charge in [-0.3, -0.25) is 4.90 Å². The van der Waals surface area contributed by atoms with E-state index >= 15 is 0 Å². The maximum Gasteiger partial charge on any atom is 0.0309 e. The molecule has 1 saturated carbocycles. The molecule has 2 heterocycles. The Kier molecular flexibility index (Phi) is 4.99. The van der Waals surface area contributed by atoms with Gasteiger partial charge in [0.2, 0.25) is 0 Å². The average molecular weight is 297 g/mol. The summed E-state index contributed by atoms with van der Waals surface area (Å²) in [4.78, 5) is 2.87. The molecule has 1 aliphatic carbocycles. The molecule has 3 aliphatic rings. The predicted octanol–water partition coefficient (Wildman–Crippen LogP) is 3.51. The zero-order valence-electron chi connectivity index (χ0n) is 13.4. The summed E-state index contributed by atoms with van der Waals surface area (Å²) in [5.74, 6) is 2.17. The van der Waals surface area contributed by atoms with Crippen LogP contribution in [0.2, 0.25) is 0 Å². The van der Waals surface area contributed by atoms with Gasteiger partial charge < -0.3 is 5.32 Å². The number of piperazine rings is 1. The van der Waals surface area contributed by atoms with Crippen LogP contribution in [0.1, 0.15) is 58.8 Å². The third-order valence-corrected chi connectivity index (χ3v) is 7.08. The van der Waals surface area contributed by atoms with Gasteiger partial charge in [0.1, 0.15) is 0 Å². The van der Waals surface area contributed by atoms with Gasteiger partial charge in [0, 0.05) is 36.5 Å². The summed E-state index contributed by atoms with van der Waals surface area (Å²) in [6.45, 7) is 8.68. The molecule has 0 aromatic carbocycles. The summed E-state index contributed by atoms with van der Waals surface area (Å²) in [5.41, 5.74) is 0.465. The molecule has 1 spiro atoms. The van der Waals surface area contributed by atoms with Crippen LogP contribution in [0.3, 0.4) is 0 Å². The Morgan fingerprint density at radius 3 is 2.65 bits per heavy atom. The molecule has 2 aliphatic heterocycles. The summed E-state index contributed by atoms with van der Waals surface area (Å²) in [5, 5.41) is 4.88. The van der Waals surface area contributed by atoms with Crippen molar-refractivity contribution in [3.05, 3.63) is 0 Å². The predicted molar refractivity (Wildman–Crippen MR) is 89.5 cm³/mol. The fourth-order valence-corrected chi connectivity index (χ4v) is 5.78. The molecule has 0 bridgehead atoms. The van der Waals surface area contributed by atoms with E-state index in [0.29, 0.717) is 5.54 Å². The van der Waals surface area contributed by atoms with E-state index in [-0.39, 0.29) is 0 Å². The molecular weight excluding hydrogens is 264 g/mol. The SMILES string of the molecule is CC(C)C1CNC2(CCCCC2)CN1CC1CCCS1. The van der Waals surface area contributed by atoms with Gasteiger partial charge in [-0.1, -0.05) is 33.1 Å². The number of hydrogen-bond donors (Lipinski definition) is 1. The van der Waals surface area contributed by atoms with E-state index in [2.05, 4.69) is 35.8 Å². The van der Waals surface area contributed by atoms with Crippen molar-refractivity contribution >= 4 is 11.8 Å². The number of thioether (sulfide) groups is 1. The first-order chi connectivity index (χ1) is 9.69. The van der Waals surface area contributed by atoms with Crippen molar-refractivity contribution in [1.82, 2.24) is 10.2 Å². The van der Waals surface area contributed by atoms with E-state index in [4.69, 9.17) is 0 Å². The van der Waals surface area contributed by atoms with Crippen LogP contribution in [0.25, 0.3) is 0 Å². The smallest absolute Gasteiger partial charge is 0.0309 e. The summed E-state index contributed by atoms with van der Waals surface area (Å²) < 4.78 is 0. The van der Waals surface area contributed by atoms with Crippen LogP contribution in [-0.4, -0.2) is 47.1 Å². The molecule has 2 nitrogen and oxygen atoms in total. The molecule has 0 radical (unpaired) electrons. The highest BCUT2D eigenvalue weighted by atomic mass is 32.2. The van der Waals surface area contributed by atoms with Gasteiger partial charge in [0.05, 0.1) is 0 Å². The molecule has 1 N–H and O–H groups in total. The van der Waals surface area contributed by atoms with Gasteiger partial charge in [0.25, 0.3) is 0 Å². The van der Waals surface area contributed by atoms with Crippen LogP contribution in [-0.2, 0) is 0 Å². The van der Waals surface area contributed by atoms with Crippen LogP contribution in [0.15, 0.2) is 0 Å². The van der Waals surface area contributed by atoms with Crippen LogP contribution >= 0.6 is 11.8 Å². The van der Waals surface area contributed by atoms with Gasteiger partial charge in [-0.25, -0.2) is 0 Å². The molecular formula is C17H32N2S. The second kappa shape index (κ2) is 6.58. The molecule has 116 valence electrons. The number of nitrogens with zero attached hydrogens (tertiary/aromatic N) is 1. The molecule has 2 unspecified atom stereocenters. The van der Waals surface area contributed by atoms with E-state index < -0.39 is 0 Å². The monoisotopic (exact) mass is 296 g/mol. The van der Waals surface area contributed by atoms with Crippen molar-refractivity contribution in [2.75, 3.05) is 25.4 Å². The van der Waals surface area contributed by atoms with Crippen molar-refractivity contribution in [3.63, 3.8) is 0 Å². The zero-order valence-corrected chi connectivity index (χ0v) is 14.2. The first-order valence-electron chi connectivity index (χ1n) is 8.79. The van der Waals surface area contributed by atoms with Gasteiger partial charge in [0.15, 0.2) is 0 Å². The average Bonchev–Trinajstić information content (AvgIpc) is 2.92. The number of hydrogen-bond acceptors (Lipinski definition) is 3. The Hall–Kier alpha value is 0.270. The van der Waals surface area contributed by atoms with Crippen molar-refractivity contribution in [2.45, 2.75) is 75.6 Å². The lowest BCUT2D eigenvalue weighted by molar-refractivity contribution is 0.0369. The topological polar surface area (TPSA) is 15.3 Å². The summed E-state index contributed by atoms with van der Waals surface area (Å²) >= 11 is 2.22. The van der Waals surface area contributed by atoms with Gasteiger partial charge >= 0.3 is 0 Å². The van der Waals surface area contributed by atoms with Crippen LogP contribution in [0, 0.1) is 5.92 Å². The number of rotatable bonds is 3. The highest BCUT2D eigenvalue weighted by Gasteiger charge is 2.41. The second-order valence-corrected chi connectivity index (χ2v) is 9.01. The third kappa shape index (κ3) is 3.36. The summed E-state index contributed by atoms with van der Waals surface area (Å²) in [6.07, 6.45) is 10.0. The highest BCUT2D eigenvalue weighted by Crippen LogP contribution is 2.35. The molecule has 2 atom stereocenters. The summed E-state index contributed by atoms with van der Waals surface area (Å²) in [6, 6.07) is 0.753. The minimum Gasteiger partial charge on any atom is -0.308 e. The van der Waals surface area contributed by atoms with Crippen LogP contribution < -0.4 is 5.32 Å². The summed E-state index contributed by atoms with van der Waals surface area (Å²) in [7, 11) is 0. The number of nitrogens with one attached hydrogen (secondary N) is 1. The largest absolute Gasteiger partial charge is 0.308 e. The maximum absolute atomic E-state index is 3.97. The van der Waals surface area contributed by atoms with Crippen molar-refractivity contribution in [2.24, 2.45) is 5.92 Å². The van der Waals surface area contributed by atoms with Crippen LogP contribution in [0.4, 0.5) is 0 Å². The van der Waals surface area contributed by atoms with Crippen molar-refractivity contribution < 1.29 is 0 Å². The quantitative estimate of drug-likeness (QED) is 0.858. The maximum atomic E-state index is 3.97. The highest BCUT2D eigenvalue weighted by molar-refractivity contribution is 8.00. The Balaban J connectivity index is 1.66. The lowest BCUT2D eigenvalue weighted by Crippen LogP contribution is -2.66.